The number of rotatable bonds is 22. The standard InChI is InChI=1S/C51H64O24/c1-26(2)19-51(50(65)68-24-30-11-16-32(17-12-30)70-48-44(63)41(60)39(58)34(22-53)72-48,20-37(56)67-23-29-9-14-31(15-10-29)69-47-43(62)40(59)38(57)33(21-52)71-47)75-49-45(64)42(61)46(35(73-49)25-66-27(3)54)74-36(55)18-13-28-7-5-4-6-8-28/h4-18,26,33-35,38-49,52-53,57-64H,19-25H2,1-3H3/b18-13+/t33-,34-,35-,38-,39-,40+,41+,42-,43-,44-,45-,46-,47-,48-,49+,51-/m1/s1. The molecule has 16 atom stereocenters. The van der Waals surface area contributed by atoms with Crippen LogP contribution in [0.25, 0.3) is 6.08 Å². The van der Waals surface area contributed by atoms with Gasteiger partial charge in [0.15, 0.2) is 18.0 Å². The predicted molar refractivity (Wildman–Crippen MR) is 252 cm³/mol. The largest absolute Gasteiger partial charge is 0.463 e. The van der Waals surface area contributed by atoms with E-state index in [0.29, 0.717) is 16.7 Å². The number of hydrogen-bond acceptors (Lipinski definition) is 24. The van der Waals surface area contributed by atoms with E-state index < -0.39 is 160 Å². The van der Waals surface area contributed by atoms with Crippen LogP contribution in [0.5, 0.6) is 11.5 Å². The molecular weight excluding hydrogens is 997 g/mol. The normalized spacial score (nSPS) is 30.7. The van der Waals surface area contributed by atoms with Crippen molar-refractivity contribution in [3.8, 4) is 11.5 Å². The maximum absolute atomic E-state index is 14.6. The van der Waals surface area contributed by atoms with Crippen molar-refractivity contribution in [1.29, 1.82) is 0 Å². The Hall–Kier alpha value is -5.68. The van der Waals surface area contributed by atoms with Crippen LogP contribution in [0.15, 0.2) is 84.9 Å². The Morgan fingerprint density at radius 3 is 1.59 bits per heavy atom. The second-order valence-corrected chi connectivity index (χ2v) is 18.5. The summed E-state index contributed by atoms with van der Waals surface area (Å²) in [6, 6.07) is 20.2. The lowest BCUT2D eigenvalue weighted by Crippen LogP contribution is -2.63. The maximum Gasteiger partial charge on any atom is 0.339 e. The molecule has 24 heteroatoms. The molecule has 10 N–H and O–H groups in total. The lowest BCUT2D eigenvalue weighted by atomic mass is 9.88. The van der Waals surface area contributed by atoms with Gasteiger partial charge in [-0.05, 0) is 59.4 Å². The van der Waals surface area contributed by atoms with Crippen LogP contribution in [-0.4, -0.2) is 192 Å². The van der Waals surface area contributed by atoms with Crippen molar-refractivity contribution in [1.82, 2.24) is 0 Å². The zero-order valence-electron chi connectivity index (χ0n) is 41.0. The van der Waals surface area contributed by atoms with Gasteiger partial charge in [-0.1, -0.05) is 68.4 Å². The van der Waals surface area contributed by atoms with Gasteiger partial charge in [-0.2, -0.15) is 0 Å². The summed E-state index contributed by atoms with van der Waals surface area (Å²) in [5.41, 5.74) is -0.980. The smallest absolute Gasteiger partial charge is 0.339 e. The first-order chi connectivity index (χ1) is 35.7. The van der Waals surface area contributed by atoms with Gasteiger partial charge >= 0.3 is 23.9 Å². The summed E-state index contributed by atoms with van der Waals surface area (Å²) >= 11 is 0. The van der Waals surface area contributed by atoms with Gasteiger partial charge in [0.1, 0.15) is 98.5 Å². The molecule has 0 aliphatic carbocycles. The Labute approximate surface area is 430 Å². The van der Waals surface area contributed by atoms with E-state index in [1.165, 1.54) is 54.6 Å². The van der Waals surface area contributed by atoms with Crippen LogP contribution in [0, 0.1) is 5.92 Å². The van der Waals surface area contributed by atoms with E-state index in [4.69, 9.17) is 47.4 Å². The number of ether oxygens (including phenoxy) is 10. The molecule has 0 unspecified atom stereocenters. The van der Waals surface area contributed by atoms with E-state index in [2.05, 4.69) is 0 Å². The first-order valence-corrected chi connectivity index (χ1v) is 23.9. The van der Waals surface area contributed by atoms with Crippen LogP contribution in [0.1, 0.15) is 50.3 Å². The molecule has 0 saturated carbocycles. The summed E-state index contributed by atoms with van der Waals surface area (Å²) in [5, 5.41) is 104. The highest BCUT2D eigenvalue weighted by molar-refractivity contribution is 5.87. The fourth-order valence-corrected chi connectivity index (χ4v) is 8.29. The van der Waals surface area contributed by atoms with Crippen LogP contribution >= 0.6 is 0 Å². The van der Waals surface area contributed by atoms with Gasteiger partial charge in [0.05, 0.1) is 19.6 Å². The molecule has 3 aliphatic heterocycles. The zero-order valence-corrected chi connectivity index (χ0v) is 41.0. The summed E-state index contributed by atoms with van der Waals surface area (Å²) in [6.07, 6.45) is -23.2. The molecule has 0 aromatic heterocycles. The fourth-order valence-electron chi connectivity index (χ4n) is 8.29. The Kier molecular flexibility index (Phi) is 21.0. The van der Waals surface area contributed by atoms with Crippen LogP contribution in [0.2, 0.25) is 0 Å². The Bertz CT molecular complexity index is 2330. The van der Waals surface area contributed by atoms with Crippen molar-refractivity contribution in [2.24, 2.45) is 5.92 Å². The van der Waals surface area contributed by atoms with E-state index in [-0.39, 0.29) is 24.5 Å². The van der Waals surface area contributed by atoms with Gasteiger partial charge in [-0.15, -0.1) is 0 Å². The molecule has 3 aromatic carbocycles. The average molecular weight is 1060 g/mol. The van der Waals surface area contributed by atoms with Crippen LogP contribution in [-0.2, 0) is 70.3 Å². The number of aliphatic hydroxyl groups excluding tert-OH is 10. The molecule has 3 aliphatic rings. The highest BCUT2D eigenvalue weighted by Gasteiger charge is 2.54. The SMILES string of the molecule is CC(=O)OC[C@H]1O[C@@H](O[C@@](CC(=O)OCc2ccc(O[C@@H]3O[C@H](CO)[C@@H](O)[C@H](O)[C@H]3O)cc2)(CC(C)C)C(=O)OCc2ccc(O[C@@H]3O[C@H](CO)[C@@H](O)[C@H](O)[C@H]3O)cc2)[C@H](O)[C@@H](O)[C@@H]1OC(=O)/C=C/c1ccccc1. The summed E-state index contributed by atoms with van der Waals surface area (Å²) in [6.45, 7) is 1.64. The van der Waals surface area contributed by atoms with Crippen molar-refractivity contribution in [2.45, 2.75) is 145 Å². The molecule has 6 rings (SSSR count). The molecule has 412 valence electrons. The number of carbonyl (C=O) groups is 4. The Morgan fingerprint density at radius 1 is 0.600 bits per heavy atom. The monoisotopic (exact) mass is 1060 g/mol. The number of aliphatic hydroxyl groups is 10. The summed E-state index contributed by atoms with van der Waals surface area (Å²) < 4.78 is 56.5. The van der Waals surface area contributed by atoms with Crippen LogP contribution in [0.4, 0.5) is 0 Å². The van der Waals surface area contributed by atoms with Gasteiger partial charge in [-0.25, -0.2) is 9.59 Å². The molecule has 3 fully saturated rings. The third-order valence-corrected chi connectivity index (χ3v) is 12.3. The molecule has 75 heavy (non-hydrogen) atoms. The van der Waals surface area contributed by atoms with E-state index in [1.54, 1.807) is 44.2 Å². The molecule has 0 bridgehead atoms. The summed E-state index contributed by atoms with van der Waals surface area (Å²) in [7, 11) is 0. The van der Waals surface area contributed by atoms with Gasteiger partial charge in [0.25, 0.3) is 0 Å². The van der Waals surface area contributed by atoms with Gasteiger partial charge < -0.3 is 98.4 Å². The molecule has 3 saturated heterocycles. The topological polar surface area (TPSA) is 363 Å². The first kappa shape index (κ1) is 58.6. The minimum absolute atomic E-state index is 0.104. The minimum atomic E-state index is -2.36. The molecule has 0 radical (unpaired) electrons. The fraction of sp³-hybridized carbons (Fsp3) is 0.529. The van der Waals surface area contributed by atoms with Crippen molar-refractivity contribution in [2.75, 3.05) is 19.8 Å². The molecule has 0 spiro atoms. The molecular formula is C51H64O24. The van der Waals surface area contributed by atoms with Gasteiger partial charge in [0.2, 0.25) is 12.6 Å². The van der Waals surface area contributed by atoms with Crippen molar-refractivity contribution < 1.29 is 118 Å². The molecule has 0 amide bonds. The quantitative estimate of drug-likeness (QED) is 0.0316. The second-order valence-electron chi connectivity index (χ2n) is 18.5. The molecule has 3 aromatic rings. The van der Waals surface area contributed by atoms with Crippen molar-refractivity contribution in [3.63, 3.8) is 0 Å². The number of carbonyl (C=O) groups excluding carboxylic acids is 4. The Balaban J connectivity index is 1.21. The second kappa shape index (κ2) is 26.9. The molecule has 24 nitrogen and oxygen atoms in total. The van der Waals surface area contributed by atoms with E-state index >= 15 is 0 Å². The highest BCUT2D eigenvalue weighted by atomic mass is 16.7. The van der Waals surface area contributed by atoms with Crippen LogP contribution < -0.4 is 9.47 Å². The lowest BCUT2D eigenvalue weighted by Gasteiger charge is -2.44. The van der Waals surface area contributed by atoms with E-state index in [9.17, 15) is 70.2 Å². The maximum atomic E-state index is 14.6. The number of benzene rings is 3. The van der Waals surface area contributed by atoms with Gasteiger partial charge in [0, 0.05) is 13.0 Å². The third kappa shape index (κ3) is 15.5. The summed E-state index contributed by atoms with van der Waals surface area (Å²) in [4.78, 5) is 53.6. The summed E-state index contributed by atoms with van der Waals surface area (Å²) in [5.74, 6) is -4.17. The predicted octanol–water partition coefficient (Wildman–Crippen LogP) is -1.34. The van der Waals surface area contributed by atoms with E-state index in [0.717, 1.165) is 13.0 Å². The minimum Gasteiger partial charge on any atom is -0.463 e. The van der Waals surface area contributed by atoms with E-state index in [1.807, 2.05) is 0 Å². The highest BCUT2D eigenvalue weighted by Crippen LogP contribution is 2.36. The van der Waals surface area contributed by atoms with Crippen LogP contribution in [0.3, 0.4) is 0 Å². The lowest BCUT2D eigenvalue weighted by molar-refractivity contribution is -0.328. The third-order valence-electron chi connectivity index (χ3n) is 12.3. The first-order valence-electron chi connectivity index (χ1n) is 23.9. The van der Waals surface area contributed by atoms with Crippen molar-refractivity contribution >= 4 is 30.0 Å². The van der Waals surface area contributed by atoms with Gasteiger partial charge in [-0.3, -0.25) is 9.59 Å². The Morgan fingerprint density at radius 2 is 1.09 bits per heavy atom. The number of hydrogen-bond donors (Lipinski definition) is 10. The molecule has 3 heterocycles. The number of esters is 4. The average Bonchev–Trinajstić information content (AvgIpc) is 3.39. The van der Waals surface area contributed by atoms with Crippen molar-refractivity contribution in [3.05, 3.63) is 102 Å². The zero-order chi connectivity index (χ0) is 54.6.